The summed E-state index contributed by atoms with van der Waals surface area (Å²) in [6, 6.07) is 18.1. The highest BCUT2D eigenvalue weighted by molar-refractivity contribution is 5.84. The molecule has 1 heterocycles. The normalized spacial score (nSPS) is 10.1. The third-order valence-electron chi connectivity index (χ3n) is 2.91. The summed E-state index contributed by atoms with van der Waals surface area (Å²) in [5.41, 5.74) is 3.82. The minimum atomic E-state index is 0.796. The number of rotatable bonds is 2. The molecule has 90 valence electrons. The van der Waals surface area contributed by atoms with E-state index >= 15 is 0 Å². The molecular weight excluding hydrogens is 232 g/mol. The van der Waals surface area contributed by atoms with Crippen LogP contribution >= 0.6 is 0 Å². The molecule has 0 unspecified atom stereocenters. The van der Waals surface area contributed by atoms with Gasteiger partial charge in [-0.3, -0.25) is 4.98 Å². The number of hydrogen-bond acceptors (Lipinski definition) is 2. The van der Waals surface area contributed by atoms with Crippen molar-refractivity contribution in [3.63, 3.8) is 0 Å². The molecule has 2 aromatic carbocycles. The maximum absolute atomic E-state index is 5.40. The van der Waals surface area contributed by atoms with Crippen LogP contribution in [0, 0.1) is 12.3 Å². The third kappa shape index (κ3) is 2.41. The van der Waals surface area contributed by atoms with Crippen LogP contribution in [0.15, 0.2) is 60.8 Å². The van der Waals surface area contributed by atoms with Gasteiger partial charge in [0.15, 0.2) is 0 Å². The molecule has 0 aliphatic rings. The Hall–Kier alpha value is -2.79. The Labute approximate surface area is 112 Å². The molecule has 0 amide bonds. The molecule has 19 heavy (non-hydrogen) atoms. The Morgan fingerprint density at radius 3 is 2.58 bits per heavy atom. The van der Waals surface area contributed by atoms with Gasteiger partial charge in [-0.1, -0.05) is 24.1 Å². The van der Waals surface area contributed by atoms with Gasteiger partial charge in [-0.25, -0.2) is 0 Å². The first kappa shape index (κ1) is 11.3. The lowest BCUT2D eigenvalue weighted by molar-refractivity contribution is 1.39. The molecule has 1 aromatic heterocycles. The third-order valence-corrected chi connectivity index (χ3v) is 2.91. The van der Waals surface area contributed by atoms with Crippen molar-refractivity contribution in [2.24, 2.45) is 0 Å². The fraction of sp³-hybridized carbons (Fsp3) is 0. The van der Waals surface area contributed by atoms with Gasteiger partial charge in [-0.2, -0.15) is 0 Å². The lowest BCUT2D eigenvalue weighted by Crippen LogP contribution is -1.90. The van der Waals surface area contributed by atoms with Gasteiger partial charge >= 0.3 is 0 Å². The van der Waals surface area contributed by atoms with Crippen molar-refractivity contribution in [3.05, 3.63) is 66.4 Å². The highest BCUT2D eigenvalue weighted by Crippen LogP contribution is 2.21. The lowest BCUT2D eigenvalue weighted by atomic mass is 10.1. The molecule has 0 saturated heterocycles. The number of pyridine rings is 1. The quantitative estimate of drug-likeness (QED) is 0.690. The average molecular weight is 244 g/mol. The predicted octanol–water partition coefficient (Wildman–Crippen LogP) is 3.96. The van der Waals surface area contributed by atoms with E-state index < -0.39 is 0 Å². The topological polar surface area (TPSA) is 24.9 Å². The van der Waals surface area contributed by atoms with Crippen molar-refractivity contribution in [1.82, 2.24) is 4.98 Å². The van der Waals surface area contributed by atoms with E-state index in [0.29, 0.717) is 0 Å². The summed E-state index contributed by atoms with van der Waals surface area (Å²) in [6.45, 7) is 0. The zero-order chi connectivity index (χ0) is 13.1. The number of para-hydroxylation sites is 1. The molecule has 0 atom stereocenters. The van der Waals surface area contributed by atoms with Crippen molar-refractivity contribution in [3.8, 4) is 12.3 Å². The van der Waals surface area contributed by atoms with E-state index in [1.165, 1.54) is 0 Å². The highest BCUT2D eigenvalue weighted by Gasteiger charge is 1.99. The van der Waals surface area contributed by atoms with E-state index in [1.807, 2.05) is 48.5 Å². The second-order valence-corrected chi connectivity index (χ2v) is 4.27. The molecule has 3 aromatic rings. The number of nitrogens with one attached hydrogen (secondary N) is 1. The van der Waals surface area contributed by atoms with Gasteiger partial charge < -0.3 is 5.32 Å². The number of aromatic nitrogens is 1. The van der Waals surface area contributed by atoms with Gasteiger partial charge in [-0.15, -0.1) is 6.42 Å². The molecule has 2 nitrogen and oxygen atoms in total. The van der Waals surface area contributed by atoms with Gasteiger partial charge in [0.1, 0.15) is 0 Å². The molecule has 0 saturated carbocycles. The van der Waals surface area contributed by atoms with Crippen LogP contribution in [0.4, 0.5) is 11.4 Å². The van der Waals surface area contributed by atoms with Crippen LogP contribution in [0.5, 0.6) is 0 Å². The van der Waals surface area contributed by atoms with Gasteiger partial charge in [-0.05, 0) is 36.4 Å². The van der Waals surface area contributed by atoms with Crippen LogP contribution in [0.1, 0.15) is 5.56 Å². The van der Waals surface area contributed by atoms with E-state index in [9.17, 15) is 0 Å². The van der Waals surface area contributed by atoms with Crippen LogP contribution in [0.25, 0.3) is 10.9 Å². The number of hydrogen-bond donors (Lipinski definition) is 1. The molecule has 3 rings (SSSR count). The SMILES string of the molecule is C#Cc1cnc2ccc(Nc3ccccc3)cc2c1. The monoisotopic (exact) mass is 244 g/mol. The standard InChI is InChI=1S/C17H12N2/c1-2-13-10-14-11-16(8-9-17(14)18-12-13)19-15-6-4-3-5-7-15/h1,3-12,19H. The molecule has 0 aliphatic carbocycles. The zero-order valence-electron chi connectivity index (χ0n) is 10.3. The van der Waals surface area contributed by atoms with E-state index in [-0.39, 0.29) is 0 Å². The number of benzene rings is 2. The van der Waals surface area contributed by atoms with Crippen LogP contribution in [-0.4, -0.2) is 4.98 Å². The van der Waals surface area contributed by atoms with Crippen molar-refractivity contribution in [2.45, 2.75) is 0 Å². The van der Waals surface area contributed by atoms with Gasteiger partial charge in [0, 0.05) is 28.5 Å². The molecular formula is C17H12N2. The summed E-state index contributed by atoms with van der Waals surface area (Å²) in [5.74, 6) is 2.61. The van der Waals surface area contributed by atoms with Crippen molar-refractivity contribution >= 4 is 22.3 Å². The minimum Gasteiger partial charge on any atom is -0.356 e. The van der Waals surface area contributed by atoms with Crippen LogP contribution in [0.2, 0.25) is 0 Å². The Bertz CT molecular complexity index is 755. The Kier molecular flexibility index (Phi) is 2.88. The van der Waals surface area contributed by atoms with Crippen LogP contribution in [-0.2, 0) is 0 Å². The lowest BCUT2D eigenvalue weighted by Gasteiger charge is -2.07. The van der Waals surface area contributed by atoms with Gasteiger partial charge in [0.05, 0.1) is 5.52 Å². The van der Waals surface area contributed by atoms with Gasteiger partial charge in [0.2, 0.25) is 0 Å². The predicted molar refractivity (Wildman–Crippen MR) is 79.4 cm³/mol. The summed E-state index contributed by atoms with van der Waals surface area (Å²) >= 11 is 0. The molecule has 1 N–H and O–H groups in total. The fourth-order valence-electron chi connectivity index (χ4n) is 1.98. The first-order chi connectivity index (χ1) is 9.35. The molecule has 0 fully saturated rings. The maximum Gasteiger partial charge on any atom is 0.0704 e. The van der Waals surface area contributed by atoms with E-state index in [2.05, 4.69) is 22.3 Å². The fourth-order valence-corrected chi connectivity index (χ4v) is 1.98. The number of fused-ring (bicyclic) bond motifs is 1. The number of nitrogens with zero attached hydrogens (tertiary/aromatic N) is 1. The van der Waals surface area contributed by atoms with Gasteiger partial charge in [0.25, 0.3) is 0 Å². The average Bonchev–Trinajstić information content (AvgIpc) is 2.47. The number of anilines is 2. The van der Waals surface area contributed by atoms with E-state index in [1.54, 1.807) is 6.20 Å². The van der Waals surface area contributed by atoms with Crippen LogP contribution in [0.3, 0.4) is 0 Å². The molecule has 0 aliphatic heterocycles. The summed E-state index contributed by atoms with van der Waals surface area (Å²) < 4.78 is 0. The smallest absolute Gasteiger partial charge is 0.0704 e. The highest BCUT2D eigenvalue weighted by atomic mass is 14.9. The first-order valence-electron chi connectivity index (χ1n) is 6.04. The Morgan fingerprint density at radius 1 is 0.947 bits per heavy atom. The molecule has 0 spiro atoms. The Balaban J connectivity index is 1.99. The molecule has 2 heteroatoms. The zero-order valence-corrected chi connectivity index (χ0v) is 10.3. The molecule has 0 radical (unpaired) electrons. The van der Waals surface area contributed by atoms with Crippen LogP contribution < -0.4 is 5.32 Å². The number of terminal acetylenes is 1. The van der Waals surface area contributed by atoms with Crippen molar-refractivity contribution < 1.29 is 0 Å². The Morgan fingerprint density at radius 2 is 1.79 bits per heavy atom. The summed E-state index contributed by atoms with van der Waals surface area (Å²) in [7, 11) is 0. The van der Waals surface area contributed by atoms with Crippen molar-refractivity contribution in [2.75, 3.05) is 5.32 Å². The second-order valence-electron chi connectivity index (χ2n) is 4.27. The van der Waals surface area contributed by atoms with E-state index in [0.717, 1.165) is 27.8 Å². The van der Waals surface area contributed by atoms with Crippen molar-refractivity contribution in [1.29, 1.82) is 0 Å². The maximum atomic E-state index is 5.40. The first-order valence-corrected chi connectivity index (χ1v) is 6.04. The second kappa shape index (κ2) is 4.83. The van der Waals surface area contributed by atoms with E-state index in [4.69, 9.17) is 6.42 Å². The summed E-state index contributed by atoms with van der Waals surface area (Å²) in [6.07, 6.45) is 7.11. The molecule has 0 bridgehead atoms. The minimum absolute atomic E-state index is 0.796. The summed E-state index contributed by atoms with van der Waals surface area (Å²) in [5, 5.41) is 4.39. The largest absolute Gasteiger partial charge is 0.356 e. The summed E-state index contributed by atoms with van der Waals surface area (Å²) in [4.78, 5) is 4.33.